The molecule has 1 aliphatic heterocycles. The molecule has 3 rings (SSSR count). The monoisotopic (exact) mass is 273 g/mol. The van der Waals surface area contributed by atoms with Crippen LogP contribution in [-0.4, -0.2) is 23.1 Å². The minimum atomic E-state index is 0.482. The Morgan fingerprint density at radius 3 is 2.40 bits per heavy atom. The first kappa shape index (κ1) is 13.9. The van der Waals surface area contributed by atoms with Gasteiger partial charge in [0.2, 0.25) is 0 Å². The van der Waals surface area contributed by atoms with Gasteiger partial charge in [-0.1, -0.05) is 37.8 Å². The van der Waals surface area contributed by atoms with Gasteiger partial charge in [0, 0.05) is 12.1 Å². The van der Waals surface area contributed by atoms with Crippen molar-refractivity contribution in [2.75, 3.05) is 13.1 Å². The molecular formula is C18H27NO. The van der Waals surface area contributed by atoms with Crippen molar-refractivity contribution >= 4 is 0 Å². The third-order valence-corrected chi connectivity index (χ3v) is 5.02. The Morgan fingerprint density at radius 1 is 0.950 bits per heavy atom. The summed E-state index contributed by atoms with van der Waals surface area (Å²) >= 11 is 0. The molecule has 2 heteroatoms. The van der Waals surface area contributed by atoms with E-state index in [4.69, 9.17) is 0 Å². The highest BCUT2D eigenvalue weighted by Gasteiger charge is 2.18. The fourth-order valence-electron chi connectivity index (χ4n) is 3.78. The lowest BCUT2D eigenvalue weighted by atomic mass is 9.83. The smallest absolute Gasteiger partial charge is 0.120 e. The fraction of sp³-hybridized carbons (Fsp3) is 0.667. The van der Waals surface area contributed by atoms with Crippen molar-refractivity contribution in [2.24, 2.45) is 0 Å². The Morgan fingerprint density at radius 2 is 1.65 bits per heavy atom. The van der Waals surface area contributed by atoms with Gasteiger partial charge in [-0.25, -0.2) is 0 Å². The van der Waals surface area contributed by atoms with Crippen LogP contribution >= 0.6 is 0 Å². The van der Waals surface area contributed by atoms with Gasteiger partial charge >= 0.3 is 0 Å². The summed E-state index contributed by atoms with van der Waals surface area (Å²) in [7, 11) is 0. The van der Waals surface area contributed by atoms with Gasteiger partial charge in [-0.3, -0.25) is 4.90 Å². The number of benzene rings is 1. The van der Waals surface area contributed by atoms with Crippen LogP contribution in [0.2, 0.25) is 0 Å². The van der Waals surface area contributed by atoms with Crippen LogP contribution in [0.3, 0.4) is 0 Å². The maximum atomic E-state index is 10.1. The largest absolute Gasteiger partial charge is 0.508 e. The van der Waals surface area contributed by atoms with E-state index >= 15 is 0 Å². The van der Waals surface area contributed by atoms with E-state index in [9.17, 15) is 5.11 Å². The Bertz CT molecular complexity index is 431. The molecule has 1 saturated heterocycles. The van der Waals surface area contributed by atoms with E-state index in [1.54, 1.807) is 0 Å². The zero-order chi connectivity index (χ0) is 13.8. The van der Waals surface area contributed by atoms with E-state index < -0.39 is 0 Å². The number of hydrogen-bond acceptors (Lipinski definition) is 2. The van der Waals surface area contributed by atoms with Crippen LogP contribution in [0.1, 0.15) is 68.4 Å². The predicted molar refractivity (Wildman–Crippen MR) is 83.1 cm³/mol. The van der Waals surface area contributed by atoms with Gasteiger partial charge in [0.05, 0.1) is 0 Å². The van der Waals surface area contributed by atoms with Crippen molar-refractivity contribution in [1.82, 2.24) is 4.90 Å². The third-order valence-electron chi connectivity index (χ3n) is 5.02. The average molecular weight is 273 g/mol. The van der Waals surface area contributed by atoms with Crippen molar-refractivity contribution in [3.05, 3.63) is 29.3 Å². The summed E-state index contributed by atoms with van der Waals surface area (Å²) in [6.07, 6.45) is 10.8. The molecule has 2 nitrogen and oxygen atoms in total. The number of likely N-dealkylation sites (tertiary alicyclic amines) is 1. The van der Waals surface area contributed by atoms with Crippen molar-refractivity contribution in [3.8, 4) is 5.75 Å². The van der Waals surface area contributed by atoms with Gasteiger partial charge in [-0.15, -0.1) is 0 Å². The van der Waals surface area contributed by atoms with E-state index in [1.807, 2.05) is 6.07 Å². The lowest BCUT2D eigenvalue weighted by molar-refractivity contribution is 0.218. The van der Waals surface area contributed by atoms with Gasteiger partial charge in [0.1, 0.15) is 5.75 Å². The Labute approximate surface area is 122 Å². The molecule has 0 spiro atoms. The molecule has 1 heterocycles. The van der Waals surface area contributed by atoms with Gasteiger partial charge < -0.3 is 5.11 Å². The lowest BCUT2D eigenvalue weighted by Crippen LogP contribution is -2.29. The van der Waals surface area contributed by atoms with Crippen molar-refractivity contribution < 1.29 is 5.11 Å². The summed E-state index contributed by atoms with van der Waals surface area (Å²) in [5.74, 6) is 1.21. The SMILES string of the molecule is Oc1ccc(C2CCCCC2)cc1CN1CCCCC1. The molecule has 110 valence electrons. The van der Waals surface area contributed by atoms with E-state index in [-0.39, 0.29) is 0 Å². The molecule has 2 aliphatic rings. The fourth-order valence-corrected chi connectivity index (χ4v) is 3.78. The van der Waals surface area contributed by atoms with Gasteiger partial charge in [-0.2, -0.15) is 0 Å². The second-order valence-electron chi connectivity index (χ2n) is 6.56. The maximum Gasteiger partial charge on any atom is 0.120 e. The standard InChI is InChI=1S/C18H27NO/c20-18-10-9-16(15-7-3-1-4-8-15)13-17(18)14-19-11-5-2-6-12-19/h9-10,13,15,20H,1-8,11-12,14H2. The van der Waals surface area contributed by atoms with Crippen LogP contribution in [0.25, 0.3) is 0 Å². The number of piperidine rings is 1. The molecule has 0 bridgehead atoms. The zero-order valence-electron chi connectivity index (χ0n) is 12.5. The number of phenolic OH excluding ortho intramolecular Hbond substituents is 1. The normalized spacial score (nSPS) is 22.0. The van der Waals surface area contributed by atoms with Crippen molar-refractivity contribution in [2.45, 2.75) is 63.8 Å². The molecule has 0 radical (unpaired) electrons. The summed E-state index contributed by atoms with van der Waals surface area (Å²) < 4.78 is 0. The molecule has 1 aromatic rings. The topological polar surface area (TPSA) is 23.5 Å². The molecule has 1 N–H and O–H groups in total. The highest BCUT2D eigenvalue weighted by molar-refractivity contribution is 5.37. The Hall–Kier alpha value is -1.02. The number of rotatable bonds is 3. The highest BCUT2D eigenvalue weighted by Crippen LogP contribution is 2.34. The van der Waals surface area contributed by atoms with Crippen molar-refractivity contribution in [3.63, 3.8) is 0 Å². The lowest BCUT2D eigenvalue weighted by Gasteiger charge is -2.27. The molecule has 1 saturated carbocycles. The first-order valence-electron chi connectivity index (χ1n) is 8.37. The summed E-state index contributed by atoms with van der Waals surface area (Å²) in [6, 6.07) is 6.34. The molecule has 20 heavy (non-hydrogen) atoms. The van der Waals surface area contributed by atoms with Crippen LogP contribution in [-0.2, 0) is 6.54 Å². The van der Waals surface area contributed by atoms with Crippen LogP contribution < -0.4 is 0 Å². The summed E-state index contributed by atoms with van der Waals surface area (Å²) in [6.45, 7) is 3.30. The quantitative estimate of drug-likeness (QED) is 0.881. The highest BCUT2D eigenvalue weighted by atomic mass is 16.3. The molecule has 0 unspecified atom stereocenters. The first-order chi connectivity index (χ1) is 9.83. The first-order valence-corrected chi connectivity index (χ1v) is 8.37. The van der Waals surface area contributed by atoms with Gasteiger partial charge in [0.25, 0.3) is 0 Å². The van der Waals surface area contributed by atoms with Gasteiger partial charge in [0.15, 0.2) is 0 Å². The second-order valence-corrected chi connectivity index (χ2v) is 6.56. The number of hydrogen-bond donors (Lipinski definition) is 1. The molecule has 0 aromatic heterocycles. The molecule has 2 fully saturated rings. The van der Waals surface area contributed by atoms with Crippen LogP contribution in [0.15, 0.2) is 18.2 Å². The minimum Gasteiger partial charge on any atom is -0.508 e. The number of aromatic hydroxyl groups is 1. The third kappa shape index (κ3) is 3.35. The van der Waals surface area contributed by atoms with E-state index in [0.717, 1.165) is 18.0 Å². The summed E-state index contributed by atoms with van der Waals surface area (Å²) in [4.78, 5) is 2.49. The minimum absolute atomic E-state index is 0.482. The van der Waals surface area contributed by atoms with Gasteiger partial charge in [-0.05, 0) is 56.3 Å². The molecule has 0 amide bonds. The zero-order valence-corrected chi connectivity index (χ0v) is 12.5. The summed E-state index contributed by atoms with van der Waals surface area (Å²) in [5, 5.41) is 10.1. The Balaban J connectivity index is 1.72. The molecular weight excluding hydrogens is 246 g/mol. The maximum absolute atomic E-state index is 10.1. The average Bonchev–Trinajstić information content (AvgIpc) is 2.51. The number of phenols is 1. The van der Waals surface area contributed by atoms with Crippen LogP contribution in [0, 0.1) is 0 Å². The van der Waals surface area contributed by atoms with E-state index in [2.05, 4.69) is 17.0 Å². The van der Waals surface area contributed by atoms with E-state index in [1.165, 1.54) is 70.0 Å². The molecule has 0 atom stereocenters. The van der Waals surface area contributed by atoms with E-state index in [0.29, 0.717) is 5.75 Å². The Kier molecular flexibility index (Phi) is 4.62. The molecule has 1 aromatic carbocycles. The predicted octanol–water partition coefficient (Wildman–Crippen LogP) is 4.43. The second kappa shape index (κ2) is 6.62. The number of nitrogens with zero attached hydrogens (tertiary/aromatic N) is 1. The van der Waals surface area contributed by atoms with Crippen LogP contribution in [0.5, 0.6) is 5.75 Å². The van der Waals surface area contributed by atoms with Crippen LogP contribution in [0.4, 0.5) is 0 Å². The summed E-state index contributed by atoms with van der Waals surface area (Å²) in [5.41, 5.74) is 2.59. The van der Waals surface area contributed by atoms with Crippen molar-refractivity contribution in [1.29, 1.82) is 0 Å². The molecule has 1 aliphatic carbocycles.